The molecular weight excluding hydrogens is 494 g/mol. The van der Waals surface area contributed by atoms with Crippen molar-refractivity contribution in [3.05, 3.63) is 65.9 Å². The Morgan fingerprint density at radius 3 is 2.85 bits per heavy atom. The number of imidazole rings is 1. The molecule has 7 rings (SSSR count). The van der Waals surface area contributed by atoms with Gasteiger partial charge in [-0.2, -0.15) is 5.10 Å². The van der Waals surface area contributed by atoms with E-state index in [1.807, 2.05) is 23.2 Å². The highest BCUT2D eigenvalue weighted by Crippen LogP contribution is 2.29. The van der Waals surface area contributed by atoms with Crippen molar-refractivity contribution >= 4 is 22.5 Å². The fourth-order valence-corrected chi connectivity index (χ4v) is 5.51. The average molecular weight is 526 g/mol. The first-order chi connectivity index (χ1) is 19.1. The zero-order valence-electron chi connectivity index (χ0n) is 22.0. The smallest absolute Gasteiger partial charge is 0.254 e. The lowest BCUT2D eigenvalue weighted by atomic mass is 9.92. The maximum atomic E-state index is 13.2. The van der Waals surface area contributed by atoms with Gasteiger partial charge >= 0.3 is 0 Å². The topological polar surface area (TPSA) is 109 Å². The average Bonchev–Trinajstić information content (AvgIpc) is 3.66. The number of ether oxygens (including phenoxy) is 1. The third-order valence-corrected chi connectivity index (χ3v) is 7.93. The summed E-state index contributed by atoms with van der Waals surface area (Å²) in [7, 11) is 2.21. The van der Waals surface area contributed by atoms with Crippen LogP contribution in [0.3, 0.4) is 0 Å². The van der Waals surface area contributed by atoms with Crippen molar-refractivity contribution in [2.24, 2.45) is 0 Å². The van der Waals surface area contributed by atoms with Crippen LogP contribution in [-0.2, 0) is 17.8 Å². The minimum absolute atomic E-state index is 0.0219. The summed E-state index contributed by atoms with van der Waals surface area (Å²) in [6.45, 7) is 3.72. The molecule has 11 nitrogen and oxygen atoms in total. The van der Waals surface area contributed by atoms with E-state index in [9.17, 15) is 4.79 Å². The predicted molar refractivity (Wildman–Crippen MR) is 145 cm³/mol. The molecule has 4 aromatic heterocycles. The Hall–Kier alpha value is -4.09. The molecule has 2 aliphatic rings. The van der Waals surface area contributed by atoms with Crippen LogP contribution in [0.2, 0.25) is 0 Å². The normalized spacial score (nSPS) is 16.4. The fraction of sp³-hybridized carbons (Fsp3) is 0.393. The van der Waals surface area contributed by atoms with Gasteiger partial charge in [0.1, 0.15) is 11.3 Å². The number of aromatic amines is 1. The first-order valence-corrected chi connectivity index (χ1v) is 13.5. The maximum absolute atomic E-state index is 13.2. The van der Waals surface area contributed by atoms with E-state index < -0.39 is 0 Å². The molecule has 0 radical (unpaired) electrons. The number of carbonyl (C=O) groups is 1. The van der Waals surface area contributed by atoms with E-state index >= 15 is 0 Å². The standard InChI is InChI=1S/C28H31N9O2/c1-34(22-3-2-4-22)14-19-5-6-27-30-21(16-36(27)15-19)17-37-18-26(32-33-37)23-11-20(12-25-24(23)13-29-31-25)28(38)35-7-9-39-10-8-35/h5-6,11-13,15-16,18,22H,2-4,7-10,14,17H2,1H3,(H,29,31). The molecular formula is C28H31N9O2. The zero-order valence-corrected chi connectivity index (χ0v) is 22.0. The molecule has 1 aromatic carbocycles. The van der Waals surface area contributed by atoms with Crippen molar-refractivity contribution in [1.82, 2.24) is 44.4 Å². The van der Waals surface area contributed by atoms with Gasteiger partial charge in [-0.25, -0.2) is 9.67 Å². The Bertz CT molecular complexity index is 1640. The largest absolute Gasteiger partial charge is 0.378 e. The van der Waals surface area contributed by atoms with Crippen molar-refractivity contribution in [2.45, 2.75) is 38.4 Å². The van der Waals surface area contributed by atoms with Gasteiger partial charge in [0.25, 0.3) is 5.91 Å². The number of rotatable bonds is 7. The van der Waals surface area contributed by atoms with Crippen molar-refractivity contribution in [3.63, 3.8) is 0 Å². The van der Waals surface area contributed by atoms with Crippen LogP contribution in [0.1, 0.15) is 40.9 Å². The van der Waals surface area contributed by atoms with Gasteiger partial charge in [-0.3, -0.25) is 14.8 Å². The minimum atomic E-state index is -0.0219. The van der Waals surface area contributed by atoms with Gasteiger partial charge in [0, 0.05) is 54.6 Å². The second-order valence-electron chi connectivity index (χ2n) is 10.6. The molecule has 200 valence electrons. The third-order valence-electron chi connectivity index (χ3n) is 7.93. The summed E-state index contributed by atoms with van der Waals surface area (Å²) in [6, 6.07) is 8.69. The van der Waals surface area contributed by atoms with Crippen LogP contribution in [0.15, 0.2) is 49.1 Å². The first kappa shape index (κ1) is 24.0. The molecule has 11 heteroatoms. The number of aromatic nitrogens is 7. The summed E-state index contributed by atoms with van der Waals surface area (Å²) in [5, 5.41) is 16.9. The molecule has 1 aliphatic carbocycles. The SMILES string of the molecule is CN(Cc1ccc2nc(Cn3cc(-c4cc(C(=O)N5CCOCC5)cc5[nH]ncc45)nn3)cn2c1)C1CCC1. The van der Waals surface area contributed by atoms with Crippen molar-refractivity contribution in [3.8, 4) is 11.3 Å². The molecule has 39 heavy (non-hydrogen) atoms. The predicted octanol–water partition coefficient (Wildman–Crippen LogP) is 2.97. The number of H-pyrrole nitrogens is 1. The van der Waals surface area contributed by atoms with Crippen LogP contribution >= 0.6 is 0 Å². The number of nitrogens with one attached hydrogen (secondary N) is 1. The zero-order chi connectivity index (χ0) is 26.3. The molecule has 0 atom stereocenters. The number of carbonyl (C=O) groups excluding carboxylic acids is 1. The second kappa shape index (κ2) is 9.90. The van der Waals surface area contributed by atoms with Gasteiger partial charge in [0.2, 0.25) is 0 Å². The molecule has 5 heterocycles. The van der Waals surface area contributed by atoms with Crippen LogP contribution in [0.25, 0.3) is 27.8 Å². The summed E-state index contributed by atoms with van der Waals surface area (Å²) in [6.07, 6.45) is 11.8. The second-order valence-corrected chi connectivity index (χ2v) is 10.6. The van der Waals surface area contributed by atoms with Crippen molar-refractivity contribution < 1.29 is 9.53 Å². The van der Waals surface area contributed by atoms with Crippen LogP contribution < -0.4 is 0 Å². The van der Waals surface area contributed by atoms with Crippen LogP contribution in [0, 0.1) is 0 Å². The van der Waals surface area contributed by atoms with E-state index in [0.29, 0.717) is 50.1 Å². The molecule has 5 aromatic rings. The van der Waals surface area contributed by atoms with E-state index in [1.165, 1.54) is 24.8 Å². The minimum Gasteiger partial charge on any atom is -0.378 e. The third kappa shape index (κ3) is 4.68. The molecule has 0 spiro atoms. The number of hydrogen-bond donors (Lipinski definition) is 1. The molecule has 0 unspecified atom stereocenters. The number of amides is 1. The van der Waals surface area contributed by atoms with Gasteiger partial charge in [0.05, 0.1) is 43.4 Å². The highest BCUT2D eigenvalue weighted by atomic mass is 16.5. The van der Waals surface area contributed by atoms with Gasteiger partial charge in [0.15, 0.2) is 0 Å². The lowest BCUT2D eigenvalue weighted by Crippen LogP contribution is -2.40. The Morgan fingerprint density at radius 2 is 2.03 bits per heavy atom. The highest BCUT2D eigenvalue weighted by molar-refractivity contribution is 6.03. The van der Waals surface area contributed by atoms with E-state index in [-0.39, 0.29) is 5.91 Å². The highest BCUT2D eigenvalue weighted by Gasteiger charge is 2.23. The molecule has 1 N–H and O–H groups in total. The summed E-state index contributed by atoms with van der Waals surface area (Å²) >= 11 is 0. The van der Waals surface area contributed by atoms with Gasteiger partial charge in [-0.05, 0) is 43.7 Å². The Morgan fingerprint density at radius 1 is 1.15 bits per heavy atom. The number of fused-ring (bicyclic) bond motifs is 2. The van der Waals surface area contributed by atoms with Crippen LogP contribution in [0.5, 0.6) is 0 Å². The van der Waals surface area contributed by atoms with E-state index in [2.05, 4.69) is 61.4 Å². The Kier molecular flexibility index (Phi) is 6.09. The van der Waals surface area contributed by atoms with Gasteiger partial charge in [-0.15, -0.1) is 5.10 Å². The molecule has 1 amide bonds. The van der Waals surface area contributed by atoms with E-state index in [4.69, 9.17) is 9.72 Å². The molecule has 1 aliphatic heterocycles. The number of benzene rings is 1. The summed E-state index contributed by atoms with van der Waals surface area (Å²) in [5.41, 5.74) is 5.98. The molecule has 1 saturated carbocycles. The van der Waals surface area contributed by atoms with Gasteiger partial charge in [-0.1, -0.05) is 17.7 Å². The number of hydrogen-bond acceptors (Lipinski definition) is 7. The fourth-order valence-electron chi connectivity index (χ4n) is 5.51. The summed E-state index contributed by atoms with van der Waals surface area (Å²) in [5.74, 6) is -0.0219. The Balaban J connectivity index is 1.12. The summed E-state index contributed by atoms with van der Waals surface area (Å²) < 4.78 is 9.28. The lowest BCUT2D eigenvalue weighted by Gasteiger charge is -2.34. The molecule has 1 saturated heterocycles. The number of nitrogens with zero attached hydrogens (tertiary/aromatic N) is 8. The number of pyridine rings is 1. The van der Waals surface area contributed by atoms with Gasteiger partial charge < -0.3 is 14.0 Å². The summed E-state index contributed by atoms with van der Waals surface area (Å²) in [4.78, 5) is 22.3. The maximum Gasteiger partial charge on any atom is 0.254 e. The monoisotopic (exact) mass is 525 g/mol. The molecule has 2 fully saturated rings. The molecule has 0 bridgehead atoms. The number of morpholine rings is 1. The quantitative estimate of drug-likeness (QED) is 0.348. The van der Waals surface area contributed by atoms with Crippen LogP contribution in [0.4, 0.5) is 0 Å². The van der Waals surface area contributed by atoms with E-state index in [0.717, 1.165) is 34.4 Å². The van der Waals surface area contributed by atoms with Crippen molar-refractivity contribution in [1.29, 1.82) is 0 Å². The van der Waals surface area contributed by atoms with Crippen LogP contribution in [-0.4, -0.2) is 89.7 Å². The lowest BCUT2D eigenvalue weighted by molar-refractivity contribution is 0.0303. The van der Waals surface area contributed by atoms with E-state index in [1.54, 1.807) is 10.9 Å². The van der Waals surface area contributed by atoms with Crippen molar-refractivity contribution in [2.75, 3.05) is 33.4 Å². The first-order valence-electron chi connectivity index (χ1n) is 13.5. The Labute approximate surface area is 225 Å².